The molecular weight excluding hydrogens is 98.1 g/mol. The summed E-state index contributed by atoms with van der Waals surface area (Å²) in [6.07, 6.45) is 4.66. The molecule has 1 atom stereocenters. The van der Waals surface area contributed by atoms with Gasteiger partial charge >= 0.3 is 0 Å². The molecule has 2 N–H and O–H groups in total. The van der Waals surface area contributed by atoms with Gasteiger partial charge in [-0.3, -0.25) is 0 Å². The van der Waals surface area contributed by atoms with Crippen molar-refractivity contribution in [1.29, 1.82) is 0 Å². The van der Waals surface area contributed by atoms with Crippen LogP contribution in [-0.4, -0.2) is 5.54 Å². The van der Waals surface area contributed by atoms with Gasteiger partial charge in [-0.05, 0) is 20.3 Å². The first kappa shape index (κ1) is 7.70. The Labute approximate surface area is 51.6 Å². The van der Waals surface area contributed by atoms with E-state index in [4.69, 9.17) is 5.73 Å². The summed E-state index contributed by atoms with van der Waals surface area (Å²) in [5.41, 5.74) is 5.48. The zero-order chi connectivity index (χ0) is 6.62. The minimum atomic E-state index is -0.200. The molecule has 0 amide bonds. The van der Waals surface area contributed by atoms with Crippen LogP contribution in [0, 0.1) is 6.92 Å². The highest BCUT2D eigenvalue weighted by Gasteiger charge is 2.08. The van der Waals surface area contributed by atoms with Crippen LogP contribution in [0.15, 0.2) is 12.2 Å². The summed E-state index contributed by atoms with van der Waals surface area (Å²) in [7, 11) is 0. The first-order valence-electron chi connectivity index (χ1n) is 2.84. The van der Waals surface area contributed by atoms with Gasteiger partial charge in [0, 0.05) is 5.54 Å². The molecule has 0 saturated carbocycles. The van der Waals surface area contributed by atoms with E-state index >= 15 is 0 Å². The molecule has 47 valence electrons. The van der Waals surface area contributed by atoms with Crippen LogP contribution in [0.3, 0.4) is 0 Å². The number of hydrogen-bond acceptors (Lipinski definition) is 1. The average molecular weight is 112 g/mol. The van der Waals surface area contributed by atoms with E-state index in [1.807, 2.05) is 26.0 Å². The van der Waals surface area contributed by atoms with E-state index in [0.29, 0.717) is 0 Å². The van der Waals surface area contributed by atoms with Crippen LogP contribution < -0.4 is 5.73 Å². The molecule has 0 aromatic heterocycles. The van der Waals surface area contributed by atoms with Crippen LogP contribution in [0.5, 0.6) is 0 Å². The van der Waals surface area contributed by atoms with Crippen LogP contribution in [0.2, 0.25) is 0 Å². The lowest BCUT2D eigenvalue weighted by Gasteiger charge is -2.16. The molecule has 0 fully saturated rings. The summed E-state index contributed by atoms with van der Waals surface area (Å²) in [4.78, 5) is 0. The number of nitrogens with two attached hydrogens (primary N) is 1. The molecule has 0 aliphatic rings. The van der Waals surface area contributed by atoms with Crippen LogP contribution >= 0.6 is 0 Å². The van der Waals surface area contributed by atoms with Crippen molar-refractivity contribution in [3.05, 3.63) is 19.1 Å². The fourth-order valence-electron chi connectivity index (χ4n) is 0.464. The van der Waals surface area contributed by atoms with Crippen LogP contribution in [0.1, 0.15) is 20.3 Å². The summed E-state index contributed by atoms with van der Waals surface area (Å²) >= 11 is 0. The molecule has 0 rings (SSSR count). The fraction of sp³-hybridized carbons (Fsp3) is 0.571. The maximum atomic E-state index is 5.68. The molecule has 0 aliphatic carbocycles. The second-order valence-electron chi connectivity index (χ2n) is 2.26. The summed E-state index contributed by atoms with van der Waals surface area (Å²) in [6.45, 7) is 7.62. The molecule has 1 heteroatoms. The highest BCUT2D eigenvalue weighted by molar-refractivity contribution is 5.00. The van der Waals surface area contributed by atoms with E-state index in [9.17, 15) is 0 Å². The second-order valence-corrected chi connectivity index (χ2v) is 2.26. The SMILES string of the molecule is [CH2]CC(C)(N)C=CC. The Morgan fingerprint density at radius 3 is 2.38 bits per heavy atom. The molecule has 1 radical (unpaired) electrons. The highest BCUT2D eigenvalue weighted by atomic mass is 14.7. The Hall–Kier alpha value is -0.300. The predicted octanol–water partition coefficient (Wildman–Crippen LogP) is 1.50. The molecule has 0 heterocycles. The lowest BCUT2D eigenvalue weighted by atomic mass is 10.0. The standard InChI is InChI=1S/C7H14N/c1-4-6-7(3,8)5-2/h4,6H,2,5,8H2,1,3H3. The molecule has 0 saturated heterocycles. The molecule has 0 aromatic carbocycles. The third-order valence-electron chi connectivity index (χ3n) is 1.09. The van der Waals surface area contributed by atoms with Crippen molar-refractivity contribution in [2.45, 2.75) is 25.8 Å². The van der Waals surface area contributed by atoms with Gasteiger partial charge in [0.25, 0.3) is 0 Å². The predicted molar refractivity (Wildman–Crippen MR) is 37.4 cm³/mol. The van der Waals surface area contributed by atoms with Crippen molar-refractivity contribution < 1.29 is 0 Å². The van der Waals surface area contributed by atoms with E-state index in [1.165, 1.54) is 0 Å². The first-order valence-corrected chi connectivity index (χ1v) is 2.84. The molecule has 1 nitrogen and oxygen atoms in total. The maximum Gasteiger partial charge on any atom is 0.0310 e. The van der Waals surface area contributed by atoms with Gasteiger partial charge in [0.2, 0.25) is 0 Å². The van der Waals surface area contributed by atoms with Gasteiger partial charge < -0.3 is 5.73 Å². The lowest BCUT2D eigenvalue weighted by molar-refractivity contribution is 0.592. The monoisotopic (exact) mass is 112 g/mol. The quantitative estimate of drug-likeness (QED) is 0.538. The van der Waals surface area contributed by atoms with E-state index in [-0.39, 0.29) is 5.54 Å². The number of rotatable bonds is 2. The van der Waals surface area contributed by atoms with Crippen molar-refractivity contribution in [2.75, 3.05) is 0 Å². The molecule has 0 aliphatic heterocycles. The third-order valence-corrected chi connectivity index (χ3v) is 1.09. The van der Waals surface area contributed by atoms with Crippen LogP contribution in [0.4, 0.5) is 0 Å². The number of allylic oxidation sites excluding steroid dienone is 1. The molecule has 1 unspecified atom stereocenters. The highest BCUT2D eigenvalue weighted by Crippen LogP contribution is 2.04. The van der Waals surface area contributed by atoms with Crippen molar-refractivity contribution in [3.63, 3.8) is 0 Å². The lowest BCUT2D eigenvalue weighted by Crippen LogP contribution is -2.32. The number of hydrogen-bond donors (Lipinski definition) is 1. The second kappa shape index (κ2) is 2.88. The minimum Gasteiger partial charge on any atom is -0.322 e. The summed E-state index contributed by atoms with van der Waals surface area (Å²) in [6, 6.07) is 0. The Morgan fingerprint density at radius 2 is 2.25 bits per heavy atom. The van der Waals surface area contributed by atoms with Crippen LogP contribution in [0.25, 0.3) is 0 Å². The average Bonchev–Trinajstić information content (AvgIpc) is 1.67. The third kappa shape index (κ3) is 2.80. The van der Waals surface area contributed by atoms with Crippen LogP contribution in [-0.2, 0) is 0 Å². The fourth-order valence-corrected chi connectivity index (χ4v) is 0.464. The molecular formula is C7H14N. The van der Waals surface area contributed by atoms with Crippen molar-refractivity contribution in [1.82, 2.24) is 0 Å². The van der Waals surface area contributed by atoms with Crippen molar-refractivity contribution in [2.24, 2.45) is 5.73 Å². The Kier molecular flexibility index (Phi) is 2.77. The van der Waals surface area contributed by atoms with Crippen molar-refractivity contribution >= 4 is 0 Å². The Bertz CT molecular complexity index is 82.4. The van der Waals surface area contributed by atoms with Gasteiger partial charge in [0.1, 0.15) is 0 Å². The largest absolute Gasteiger partial charge is 0.322 e. The van der Waals surface area contributed by atoms with Gasteiger partial charge in [0.15, 0.2) is 0 Å². The summed E-state index contributed by atoms with van der Waals surface area (Å²) < 4.78 is 0. The van der Waals surface area contributed by atoms with Gasteiger partial charge in [-0.25, -0.2) is 0 Å². The maximum absolute atomic E-state index is 5.68. The zero-order valence-electron chi connectivity index (χ0n) is 5.65. The molecule has 0 bridgehead atoms. The summed E-state index contributed by atoms with van der Waals surface area (Å²) in [5.74, 6) is 0. The first-order chi connectivity index (χ1) is 3.62. The molecule has 8 heavy (non-hydrogen) atoms. The zero-order valence-corrected chi connectivity index (χ0v) is 5.65. The Balaban J connectivity index is 3.71. The minimum absolute atomic E-state index is 0.200. The topological polar surface area (TPSA) is 26.0 Å². The van der Waals surface area contributed by atoms with E-state index in [2.05, 4.69) is 6.92 Å². The van der Waals surface area contributed by atoms with Gasteiger partial charge in [-0.1, -0.05) is 19.1 Å². The molecule has 0 aromatic rings. The van der Waals surface area contributed by atoms with Gasteiger partial charge in [-0.2, -0.15) is 0 Å². The van der Waals surface area contributed by atoms with E-state index in [0.717, 1.165) is 6.42 Å². The van der Waals surface area contributed by atoms with Gasteiger partial charge in [-0.15, -0.1) is 0 Å². The van der Waals surface area contributed by atoms with E-state index < -0.39 is 0 Å². The van der Waals surface area contributed by atoms with Gasteiger partial charge in [0.05, 0.1) is 0 Å². The van der Waals surface area contributed by atoms with E-state index in [1.54, 1.807) is 0 Å². The molecule has 0 spiro atoms. The normalized spacial score (nSPS) is 19.0. The summed E-state index contributed by atoms with van der Waals surface area (Å²) in [5, 5.41) is 0. The Morgan fingerprint density at radius 1 is 1.75 bits per heavy atom. The van der Waals surface area contributed by atoms with Crippen molar-refractivity contribution in [3.8, 4) is 0 Å². The smallest absolute Gasteiger partial charge is 0.0310 e.